The number of rotatable bonds is 1. The highest BCUT2D eigenvalue weighted by Gasteiger charge is 2.19. The fraction of sp³-hybridized carbons (Fsp3) is 0.308. The van der Waals surface area contributed by atoms with Crippen molar-refractivity contribution in [2.24, 2.45) is 0 Å². The van der Waals surface area contributed by atoms with Crippen LogP contribution < -0.4 is 10.6 Å². The van der Waals surface area contributed by atoms with Gasteiger partial charge in [-0.15, -0.1) is 11.3 Å². The number of thiazole rings is 1. The van der Waals surface area contributed by atoms with Gasteiger partial charge in [0, 0.05) is 24.2 Å². The molecule has 3 rings (SSSR count). The van der Waals surface area contributed by atoms with Crippen molar-refractivity contribution in [3.8, 4) is 0 Å². The van der Waals surface area contributed by atoms with Crippen LogP contribution in [0.2, 0.25) is 0 Å². The Bertz CT molecular complexity index is 547. The summed E-state index contributed by atoms with van der Waals surface area (Å²) in [5, 5.41) is 3.20. The minimum absolute atomic E-state index is 0.884. The van der Waals surface area contributed by atoms with Crippen molar-refractivity contribution in [1.29, 1.82) is 0 Å². The van der Waals surface area contributed by atoms with E-state index in [-0.39, 0.29) is 0 Å². The first kappa shape index (κ1) is 10.6. The molecule has 2 aromatic rings. The van der Waals surface area contributed by atoms with Crippen LogP contribution in [0.1, 0.15) is 16.8 Å². The largest absolute Gasteiger partial charge is 0.398 e. The summed E-state index contributed by atoms with van der Waals surface area (Å²) in [6.07, 6.45) is 1.05. The summed E-state index contributed by atoms with van der Waals surface area (Å²) < 4.78 is 0. The van der Waals surface area contributed by atoms with E-state index >= 15 is 0 Å². The lowest BCUT2D eigenvalue weighted by molar-refractivity contribution is 0.730. The second-order valence-electron chi connectivity index (χ2n) is 4.43. The van der Waals surface area contributed by atoms with E-state index in [1.807, 2.05) is 19.1 Å². The van der Waals surface area contributed by atoms with Gasteiger partial charge in [0.1, 0.15) is 0 Å². The molecule has 0 aliphatic carbocycles. The predicted octanol–water partition coefficient (Wildman–Crippen LogP) is 2.60. The maximum atomic E-state index is 6.04. The second kappa shape index (κ2) is 4.04. The molecule has 0 radical (unpaired) electrons. The van der Waals surface area contributed by atoms with Gasteiger partial charge in [-0.05, 0) is 30.5 Å². The van der Waals surface area contributed by atoms with Crippen molar-refractivity contribution in [3.05, 3.63) is 40.4 Å². The van der Waals surface area contributed by atoms with Gasteiger partial charge in [-0.2, -0.15) is 0 Å². The number of benzene rings is 1. The molecule has 0 saturated carbocycles. The van der Waals surface area contributed by atoms with Crippen molar-refractivity contribution < 1.29 is 0 Å². The first-order chi connectivity index (χ1) is 8.24. The van der Waals surface area contributed by atoms with Crippen LogP contribution in [0.15, 0.2) is 23.6 Å². The van der Waals surface area contributed by atoms with Crippen molar-refractivity contribution in [3.63, 3.8) is 0 Å². The van der Waals surface area contributed by atoms with E-state index in [1.54, 1.807) is 11.3 Å². The first-order valence-electron chi connectivity index (χ1n) is 5.77. The molecule has 0 fully saturated rings. The summed E-state index contributed by atoms with van der Waals surface area (Å²) in [6.45, 7) is 3.95. The summed E-state index contributed by atoms with van der Waals surface area (Å²) >= 11 is 1.71. The van der Waals surface area contributed by atoms with E-state index in [0.717, 1.165) is 36.0 Å². The van der Waals surface area contributed by atoms with Crippen molar-refractivity contribution in [2.45, 2.75) is 19.9 Å². The maximum Gasteiger partial charge on any atom is 0.185 e. The quantitative estimate of drug-likeness (QED) is 0.785. The molecule has 1 aliphatic heterocycles. The standard InChI is InChI=1S/C13H15N3S/c1-9-8-17-13(15-9)16-6-5-10-3-2-4-12(14)11(10)7-16/h2-4,8H,5-7,14H2,1H3. The molecule has 1 aromatic carbocycles. The van der Waals surface area contributed by atoms with Gasteiger partial charge in [-0.3, -0.25) is 0 Å². The van der Waals surface area contributed by atoms with Gasteiger partial charge in [0.2, 0.25) is 0 Å². The number of aromatic nitrogens is 1. The minimum atomic E-state index is 0.884. The molecule has 3 nitrogen and oxygen atoms in total. The van der Waals surface area contributed by atoms with Gasteiger partial charge >= 0.3 is 0 Å². The number of nitrogens with two attached hydrogens (primary N) is 1. The van der Waals surface area contributed by atoms with Crippen LogP contribution in [-0.4, -0.2) is 11.5 Å². The number of nitrogens with zero attached hydrogens (tertiary/aromatic N) is 2. The Hall–Kier alpha value is -1.55. The van der Waals surface area contributed by atoms with Crippen molar-refractivity contribution >= 4 is 22.2 Å². The molecular weight excluding hydrogens is 230 g/mol. The fourth-order valence-electron chi connectivity index (χ4n) is 2.26. The fourth-order valence-corrected chi connectivity index (χ4v) is 3.09. The number of nitrogen functional groups attached to an aromatic ring is 1. The molecular formula is C13H15N3S. The topological polar surface area (TPSA) is 42.1 Å². The summed E-state index contributed by atoms with van der Waals surface area (Å²) in [4.78, 5) is 6.86. The van der Waals surface area contributed by atoms with Gasteiger partial charge < -0.3 is 10.6 Å². The normalized spacial score (nSPS) is 14.8. The van der Waals surface area contributed by atoms with Gasteiger partial charge in [0.15, 0.2) is 5.13 Å². The second-order valence-corrected chi connectivity index (χ2v) is 5.26. The lowest BCUT2D eigenvalue weighted by atomic mass is 9.98. The number of hydrogen-bond donors (Lipinski definition) is 1. The van der Waals surface area contributed by atoms with Crippen LogP contribution in [0, 0.1) is 6.92 Å². The Morgan fingerprint density at radius 2 is 2.29 bits per heavy atom. The molecule has 0 unspecified atom stereocenters. The average Bonchev–Trinajstić information content (AvgIpc) is 2.76. The third-order valence-corrected chi connectivity index (χ3v) is 4.21. The summed E-state index contributed by atoms with van der Waals surface area (Å²) in [5.41, 5.74) is 10.7. The molecule has 0 atom stereocenters. The zero-order chi connectivity index (χ0) is 11.8. The smallest absolute Gasteiger partial charge is 0.185 e. The Labute approximate surface area is 105 Å². The third kappa shape index (κ3) is 1.89. The molecule has 0 bridgehead atoms. The van der Waals surface area contributed by atoms with Crippen LogP contribution in [0.3, 0.4) is 0 Å². The number of aryl methyl sites for hydroxylation is 1. The molecule has 4 heteroatoms. The number of anilines is 2. The van der Waals surface area contributed by atoms with Gasteiger partial charge in [0.25, 0.3) is 0 Å². The van der Waals surface area contributed by atoms with E-state index in [0.29, 0.717) is 0 Å². The number of hydrogen-bond acceptors (Lipinski definition) is 4. The molecule has 17 heavy (non-hydrogen) atoms. The molecule has 1 aliphatic rings. The van der Waals surface area contributed by atoms with Gasteiger partial charge in [-0.25, -0.2) is 4.98 Å². The summed E-state index contributed by atoms with van der Waals surface area (Å²) in [6, 6.07) is 6.20. The Morgan fingerprint density at radius 3 is 3.06 bits per heavy atom. The summed E-state index contributed by atoms with van der Waals surface area (Å²) in [7, 11) is 0. The van der Waals surface area contributed by atoms with Gasteiger partial charge in [-0.1, -0.05) is 12.1 Å². The lowest BCUT2D eigenvalue weighted by Gasteiger charge is -2.29. The van der Waals surface area contributed by atoms with E-state index in [1.165, 1.54) is 11.1 Å². The average molecular weight is 245 g/mol. The monoisotopic (exact) mass is 245 g/mol. The first-order valence-corrected chi connectivity index (χ1v) is 6.65. The zero-order valence-electron chi connectivity index (χ0n) is 9.81. The van der Waals surface area contributed by atoms with Crippen LogP contribution in [0.5, 0.6) is 0 Å². The van der Waals surface area contributed by atoms with Crippen LogP contribution in [-0.2, 0) is 13.0 Å². The lowest BCUT2D eigenvalue weighted by Crippen LogP contribution is -2.30. The SMILES string of the molecule is Cc1csc(N2CCc3cccc(N)c3C2)n1. The molecule has 2 N–H and O–H groups in total. The molecule has 0 amide bonds. The Kier molecular flexibility index (Phi) is 2.52. The molecule has 88 valence electrons. The van der Waals surface area contributed by atoms with E-state index in [9.17, 15) is 0 Å². The van der Waals surface area contributed by atoms with Crippen LogP contribution in [0.25, 0.3) is 0 Å². The molecule has 0 saturated heterocycles. The highest BCUT2D eigenvalue weighted by Crippen LogP contribution is 2.29. The molecule has 1 aromatic heterocycles. The van der Waals surface area contributed by atoms with Crippen LogP contribution in [0.4, 0.5) is 10.8 Å². The Morgan fingerprint density at radius 1 is 1.41 bits per heavy atom. The van der Waals surface area contributed by atoms with Gasteiger partial charge in [0.05, 0.1) is 5.69 Å². The molecule has 2 heterocycles. The van der Waals surface area contributed by atoms with E-state index < -0.39 is 0 Å². The maximum absolute atomic E-state index is 6.04. The highest BCUT2D eigenvalue weighted by molar-refractivity contribution is 7.13. The number of fused-ring (bicyclic) bond motifs is 1. The summed E-state index contributed by atoms with van der Waals surface area (Å²) in [5.74, 6) is 0. The minimum Gasteiger partial charge on any atom is -0.398 e. The van der Waals surface area contributed by atoms with Crippen LogP contribution >= 0.6 is 11.3 Å². The molecule has 0 spiro atoms. The zero-order valence-corrected chi connectivity index (χ0v) is 10.6. The van der Waals surface area contributed by atoms with Crippen molar-refractivity contribution in [1.82, 2.24) is 4.98 Å². The Balaban J connectivity index is 1.92. The van der Waals surface area contributed by atoms with E-state index in [4.69, 9.17) is 5.73 Å². The highest BCUT2D eigenvalue weighted by atomic mass is 32.1. The third-order valence-electron chi connectivity index (χ3n) is 3.19. The van der Waals surface area contributed by atoms with Crippen molar-refractivity contribution in [2.75, 3.05) is 17.2 Å². The van der Waals surface area contributed by atoms with E-state index in [2.05, 4.69) is 21.3 Å². The predicted molar refractivity (Wildman–Crippen MR) is 72.5 cm³/mol.